The van der Waals surface area contributed by atoms with Crippen molar-refractivity contribution in [1.82, 2.24) is 20.1 Å². The van der Waals surface area contributed by atoms with Crippen LogP contribution in [0.3, 0.4) is 0 Å². The van der Waals surface area contributed by atoms with E-state index in [0.717, 1.165) is 35.2 Å². The minimum absolute atomic E-state index is 0.723. The molecule has 1 aromatic heterocycles. The third-order valence-corrected chi connectivity index (χ3v) is 4.93. The molecule has 1 heterocycles. The van der Waals surface area contributed by atoms with Crippen molar-refractivity contribution in [2.24, 2.45) is 13.0 Å². The molecule has 5 heteroatoms. The molecule has 0 bridgehead atoms. The van der Waals surface area contributed by atoms with E-state index in [4.69, 9.17) is 0 Å². The first-order chi connectivity index (χ1) is 8.68. The lowest BCUT2D eigenvalue weighted by atomic mass is 9.86. The third-order valence-electron chi connectivity index (χ3n) is 3.90. The Labute approximate surface area is 114 Å². The van der Waals surface area contributed by atoms with Gasteiger partial charge in [0.05, 0.1) is 0 Å². The summed E-state index contributed by atoms with van der Waals surface area (Å²) in [7, 11) is 2.02. The van der Waals surface area contributed by atoms with E-state index >= 15 is 0 Å². The Balaban J connectivity index is 1.68. The van der Waals surface area contributed by atoms with Gasteiger partial charge in [0.2, 0.25) is 0 Å². The van der Waals surface area contributed by atoms with Crippen LogP contribution in [0.4, 0.5) is 0 Å². The first kappa shape index (κ1) is 13.9. The fraction of sp³-hybridized carbons (Fsp3) is 0.846. The van der Waals surface area contributed by atoms with Gasteiger partial charge in [-0.25, -0.2) is 0 Å². The minimum Gasteiger partial charge on any atom is -0.313 e. The van der Waals surface area contributed by atoms with Crippen LogP contribution in [0.15, 0.2) is 5.16 Å². The molecule has 1 aromatic rings. The molecule has 1 N–H and O–H groups in total. The zero-order valence-corrected chi connectivity index (χ0v) is 12.5. The number of aryl methyl sites for hydroxylation is 1. The highest BCUT2D eigenvalue weighted by atomic mass is 32.2. The van der Waals surface area contributed by atoms with Crippen molar-refractivity contribution < 1.29 is 0 Å². The van der Waals surface area contributed by atoms with Crippen molar-refractivity contribution in [3.05, 3.63) is 5.82 Å². The lowest BCUT2D eigenvalue weighted by Gasteiger charge is -2.29. The average molecular weight is 268 g/mol. The summed E-state index contributed by atoms with van der Waals surface area (Å²) >= 11 is 1.78. The van der Waals surface area contributed by atoms with E-state index in [-0.39, 0.29) is 0 Å². The first-order valence-corrected chi connectivity index (χ1v) is 7.89. The summed E-state index contributed by atoms with van der Waals surface area (Å²) in [4.78, 5) is 0. The van der Waals surface area contributed by atoms with Gasteiger partial charge >= 0.3 is 0 Å². The van der Waals surface area contributed by atoms with Crippen LogP contribution in [-0.4, -0.2) is 33.1 Å². The Morgan fingerprint density at radius 2 is 2.11 bits per heavy atom. The number of rotatable bonds is 5. The second-order valence-electron chi connectivity index (χ2n) is 5.26. The smallest absolute Gasteiger partial charge is 0.190 e. The minimum atomic E-state index is 0.723. The highest BCUT2D eigenvalue weighted by Crippen LogP contribution is 2.23. The molecular weight excluding hydrogens is 244 g/mol. The predicted octanol–water partition coefficient (Wildman–Crippen LogP) is 2.38. The zero-order valence-electron chi connectivity index (χ0n) is 11.6. The van der Waals surface area contributed by atoms with Crippen LogP contribution < -0.4 is 5.32 Å². The summed E-state index contributed by atoms with van der Waals surface area (Å²) in [6.45, 7) is 5.42. The molecule has 18 heavy (non-hydrogen) atoms. The standard InChI is InChI=1S/C13H24N4S/c1-10-6-4-5-7-12(10)14-8-9-18-13-16-15-11(2)17(13)3/h10,12,14H,4-9H2,1-3H3. The first-order valence-electron chi connectivity index (χ1n) is 6.90. The van der Waals surface area contributed by atoms with Gasteiger partial charge in [-0.1, -0.05) is 31.5 Å². The quantitative estimate of drug-likeness (QED) is 0.658. The Kier molecular flexibility index (Phi) is 5.06. The molecule has 0 spiro atoms. The molecule has 1 saturated carbocycles. The molecule has 4 nitrogen and oxygen atoms in total. The summed E-state index contributed by atoms with van der Waals surface area (Å²) in [6, 6.07) is 0.723. The molecule has 0 aliphatic heterocycles. The maximum absolute atomic E-state index is 4.16. The van der Waals surface area contributed by atoms with Crippen LogP contribution in [0.1, 0.15) is 38.4 Å². The van der Waals surface area contributed by atoms with Crippen molar-refractivity contribution in [3.8, 4) is 0 Å². The van der Waals surface area contributed by atoms with Gasteiger partial charge in [0, 0.05) is 25.4 Å². The molecule has 1 fully saturated rings. The van der Waals surface area contributed by atoms with E-state index in [1.54, 1.807) is 11.8 Å². The van der Waals surface area contributed by atoms with Gasteiger partial charge in [0.15, 0.2) is 5.16 Å². The maximum atomic E-state index is 4.16. The maximum Gasteiger partial charge on any atom is 0.190 e. The lowest BCUT2D eigenvalue weighted by Crippen LogP contribution is -2.38. The van der Waals surface area contributed by atoms with E-state index in [0.29, 0.717) is 0 Å². The van der Waals surface area contributed by atoms with Crippen LogP contribution in [0.2, 0.25) is 0 Å². The molecular formula is C13H24N4S. The number of hydrogen-bond acceptors (Lipinski definition) is 4. The van der Waals surface area contributed by atoms with Gasteiger partial charge in [-0.3, -0.25) is 0 Å². The second kappa shape index (κ2) is 6.57. The fourth-order valence-electron chi connectivity index (χ4n) is 2.52. The van der Waals surface area contributed by atoms with Gasteiger partial charge in [0.25, 0.3) is 0 Å². The number of nitrogens with zero attached hydrogens (tertiary/aromatic N) is 3. The van der Waals surface area contributed by atoms with Crippen molar-refractivity contribution in [2.75, 3.05) is 12.3 Å². The van der Waals surface area contributed by atoms with Crippen molar-refractivity contribution in [1.29, 1.82) is 0 Å². The molecule has 0 radical (unpaired) electrons. The number of thioether (sulfide) groups is 1. The molecule has 102 valence electrons. The molecule has 1 aliphatic carbocycles. The second-order valence-corrected chi connectivity index (χ2v) is 6.32. The lowest BCUT2D eigenvalue weighted by molar-refractivity contribution is 0.285. The predicted molar refractivity (Wildman–Crippen MR) is 75.9 cm³/mol. The molecule has 2 rings (SSSR count). The molecule has 1 aliphatic rings. The zero-order chi connectivity index (χ0) is 13.0. The number of nitrogens with one attached hydrogen (secondary N) is 1. The average Bonchev–Trinajstić information content (AvgIpc) is 2.68. The molecule has 2 atom stereocenters. The normalized spacial score (nSPS) is 24.4. The van der Waals surface area contributed by atoms with Gasteiger partial charge in [-0.15, -0.1) is 10.2 Å². The van der Waals surface area contributed by atoms with Gasteiger partial charge in [-0.05, 0) is 25.7 Å². The Bertz CT molecular complexity index is 377. The molecule has 0 amide bonds. The Hall–Kier alpha value is -0.550. The number of hydrogen-bond donors (Lipinski definition) is 1. The van der Waals surface area contributed by atoms with Crippen LogP contribution in [0.5, 0.6) is 0 Å². The van der Waals surface area contributed by atoms with E-state index in [9.17, 15) is 0 Å². The molecule has 0 saturated heterocycles. The summed E-state index contributed by atoms with van der Waals surface area (Å²) < 4.78 is 2.05. The number of aromatic nitrogens is 3. The van der Waals surface area contributed by atoms with E-state index in [1.165, 1.54) is 25.7 Å². The van der Waals surface area contributed by atoms with E-state index in [1.807, 2.05) is 18.5 Å². The van der Waals surface area contributed by atoms with E-state index in [2.05, 4.69) is 22.4 Å². The topological polar surface area (TPSA) is 42.7 Å². The largest absolute Gasteiger partial charge is 0.313 e. The molecule has 0 aromatic carbocycles. The third kappa shape index (κ3) is 3.48. The summed E-state index contributed by atoms with van der Waals surface area (Å²) in [5.41, 5.74) is 0. The summed E-state index contributed by atoms with van der Waals surface area (Å²) in [5, 5.41) is 12.9. The van der Waals surface area contributed by atoms with Crippen molar-refractivity contribution >= 4 is 11.8 Å². The summed E-state index contributed by atoms with van der Waals surface area (Å²) in [6.07, 6.45) is 5.52. The Morgan fingerprint density at radius 3 is 2.78 bits per heavy atom. The van der Waals surface area contributed by atoms with Crippen LogP contribution in [0.25, 0.3) is 0 Å². The van der Waals surface area contributed by atoms with Crippen molar-refractivity contribution in [3.63, 3.8) is 0 Å². The highest BCUT2D eigenvalue weighted by molar-refractivity contribution is 7.99. The monoisotopic (exact) mass is 268 g/mol. The van der Waals surface area contributed by atoms with Gasteiger partial charge in [0.1, 0.15) is 5.82 Å². The molecule has 2 unspecified atom stereocenters. The van der Waals surface area contributed by atoms with Crippen LogP contribution in [-0.2, 0) is 7.05 Å². The van der Waals surface area contributed by atoms with Crippen molar-refractivity contribution in [2.45, 2.75) is 50.7 Å². The van der Waals surface area contributed by atoms with E-state index < -0.39 is 0 Å². The highest BCUT2D eigenvalue weighted by Gasteiger charge is 2.20. The van der Waals surface area contributed by atoms with Crippen LogP contribution >= 0.6 is 11.8 Å². The Morgan fingerprint density at radius 1 is 1.33 bits per heavy atom. The SMILES string of the molecule is Cc1nnc(SCCNC2CCCCC2C)n1C. The fourth-order valence-corrected chi connectivity index (χ4v) is 3.35. The van der Waals surface area contributed by atoms with Gasteiger partial charge in [-0.2, -0.15) is 0 Å². The van der Waals surface area contributed by atoms with Crippen LogP contribution in [0, 0.1) is 12.8 Å². The summed E-state index contributed by atoms with van der Waals surface area (Å²) in [5.74, 6) is 2.88. The van der Waals surface area contributed by atoms with Gasteiger partial charge < -0.3 is 9.88 Å².